The van der Waals surface area contributed by atoms with Crippen molar-refractivity contribution in [3.8, 4) is 0 Å². The van der Waals surface area contributed by atoms with Crippen molar-refractivity contribution in [3.05, 3.63) is 35.6 Å². The van der Waals surface area contributed by atoms with Gasteiger partial charge in [-0.1, -0.05) is 31.7 Å². The maximum atomic E-state index is 13.3. The van der Waals surface area contributed by atoms with Crippen molar-refractivity contribution in [1.82, 2.24) is 9.80 Å². The third-order valence-electron chi connectivity index (χ3n) is 5.20. The predicted octanol–water partition coefficient (Wildman–Crippen LogP) is 2.46. The number of carboxylic acids is 2. The molecule has 0 spiro atoms. The van der Waals surface area contributed by atoms with E-state index in [4.69, 9.17) is 19.8 Å². The van der Waals surface area contributed by atoms with Gasteiger partial charge in [0, 0.05) is 37.8 Å². The molecule has 1 saturated heterocycles. The minimum Gasteiger partial charge on any atom is -0.473 e. The Morgan fingerprint density at radius 2 is 1.46 bits per heavy atom. The molecule has 1 heterocycles. The number of nitrogens with zero attached hydrogens (tertiary/aromatic N) is 2. The van der Waals surface area contributed by atoms with Gasteiger partial charge in [-0.3, -0.25) is 9.69 Å². The van der Waals surface area contributed by atoms with E-state index in [0.717, 1.165) is 26.2 Å². The molecule has 1 aliphatic heterocycles. The Bertz CT molecular complexity index is 669. The fraction of sp³-hybridized carbons (Fsp3) is 0.550. The van der Waals surface area contributed by atoms with Gasteiger partial charge in [0.2, 0.25) is 0 Å². The average Bonchev–Trinajstić information content (AvgIpc) is 2.97. The van der Waals surface area contributed by atoms with E-state index < -0.39 is 11.9 Å². The van der Waals surface area contributed by atoms with Crippen molar-refractivity contribution >= 4 is 17.8 Å². The van der Waals surface area contributed by atoms with Gasteiger partial charge in [-0.2, -0.15) is 0 Å². The highest BCUT2D eigenvalue weighted by Crippen LogP contribution is 2.23. The monoisotopic (exact) mass is 394 g/mol. The molecule has 1 aromatic rings. The van der Waals surface area contributed by atoms with Crippen LogP contribution in [0.2, 0.25) is 0 Å². The van der Waals surface area contributed by atoms with Crippen LogP contribution in [0.1, 0.15) is 48.9 Å². The zero-order valence-corrected chi connectivity index (χ0v) is 15.8. The Balaban J connectivity index is 0.000000409. The van der Waals surface area contributed by atoms with E-state index >= 15 is 0 Å². The minimum absolute atomic E-state index is 0.0417. The number of hydrogen-bond donors (Lipinski definition) is 2. The van der Waals surface area contributed by atoms with Crippen LogP contribution < -0.4 is 0 Å². The molecule has 2 fully saturated rings. The lowest BCUT2D eigenvalue weighted by molar-refractivity contribution is -0.159. The number of halogens is 1. The summed E-state index contributed by atoms with van der Waals surface area (Å²) in [5, 5.41) is 14.8. The largest absolute Gasteiger partial charge is 0.473 e. The summed E-state index contributed by atoms with van der Waals surface area (Å²) in [6, 6.07) is 6.71. The molecule has 0 atom stereocenters. The van der Waals surface area contributed by atoms with Gasteiger partial charge in [0.05, 0.1) is 0 Å². The fourth-order valence-corrected chi connectivity index (χ4v) is 3.72. The summed E-state index contributed by atoms with van der Waals surface area (Å²) in [7, 11) is 0. The summed E-state index contributed by atoms with van der Waals surface area (Å²) < 4.78 is 13.3. The molecule has 1 saturated carbocycles. The van der Waals surface area contributed by atoms with E-state index in [9.17, 15) is 9.18 Å². The first-order valence-electron chi connectivity index (χ1n) is 9.63. The van der Waals surface area contributed by atoms with Gasteiger partial charge in [-0.05, 0) is 31.0 Å². The van der Waals surface area contributed by atoms with Gasteiger partial charge in [-0.15, -0.1) is 0 Å². The van der Waals surface area contributed by atoms with Gasteiger partial charge >= 0.3 is 11.9 Å². The number of carbonyl (C=O) groups is 3. The molecule has 2 aliphatic rings. The molecule has 8 heteroatoms. The molecule has 1 amide bonds. The molecular formula is C20H27FN2O5. The lowest BCUT2D eigenvalue weighted by Crippen LogP contribution is -2.51. The molecule has 0 bridgehead atoms. The Kier molecular flexibility index (Phi) is 8.38. The highest BCUT2D eigenvalue weighted by atomic mass is 19.1. The molecular weight excluding hydrogens is 367 g/mol. The van der Waals surface area contributed by atoms with Crippen LogP contribution in [0.25, 0.3) is 0 Å². The smallest absolute Gasteiger partial charge is 0.414 e. The van der Waals surface area contributed by atoms with E-state index in [1.54, 1.807) is 12.1 Å². The zero-order valence-electron chi connectivity index (χ0n) is 15.8. The number of amides is 1. The van der Waals surface area contributed by atoms with Crippen LogP contribution in [-0.4, -0.2) is 70.1 Å². The summed E-state index contributed by atoms with van der Waals surface area (Å²) in [6.07, 6.45) is 8.03. The first-order valence-corrected chi connectivity index (χ1v) is 9.63. The summed E-state index contributed by atoms with van der Waals surface area (Å²) >= 11 is 0. The van der Waals surface area contributed by atoms with E-state index in [1.165, 1.54) is 50.7 Å². The quantitative estimate of drug-likeness (QED) is 0.591. The third-order valence-corrected chi connectivity index (χ3v) is 5.20. The van der Waals surface area contributed by atoms with Crippen molar-refractivity contribution in [3.63, 3.8) is 0 Å². The molecule has 0 aromatic heterocycles. The van der Waals surface area contributed by atoms with Crippen LogP contribution in [0.4, 0.5) is 4.39 Å². The maximum absolute atomic E-state index is 13.3. The highest BCUT2D eigenvalue weighted by Gasteiger charge is 2.27. The van der Waals surface area contributed by atoms with Crippen LogP contribution >= 0.6 is 0 Å². The van der Waals surface area contributed by atoms with Crippen LogP contribution in [0.5, 0.6) is 0 Å². The Labute approximate surface area is 163 Å². The number of carboxylic acid groups (broad SMARTS) is 2. The predicted molar refractivity (Wildman–Crippen MR) is 101 cm³/mol. The van der Waals surface area contributed by atoms with E-state index in [1.807, 2.05) is 4.90 Å². The van der Waals surface area contributed by atoms with Crippen molar-refractivity contribution < 1.29 is 29.0 Å². The van der Waals surface area contributed by atoms with Crippen molar-refractivity contribution in [2.45, 2.75) is 44.6 Å². The molecule has 28 heavy (non-hydrogen) atoms. The molecule has 3 rings (SSSR count). The van der Waals surface area contributed by atoms with E-state index in [0.29, 0.717) is 11.6 Å². The first kappa shape index (κ1) is 21.8. The number of piperazine rings is 1. The molecule has 7 nitrogen and oxygen atoms in total. The van der Waals surface area contributed by atoms with Gasteiger partial charge in [0.1, 0.15) is 5.82 Å². The highest BCUT2D eigenvalue weighted by molar-refractivity contribution is 6.27. The molecule has 1 aromatic carbocycles. The summed E-state index contributed by atoms with van der Waals surface area (Å²) in [5.74, 6) is -4.03. The normalized spacial score (nSPS) is 18.5. The number of rotatable bonds is 2. The van der Waals surface area contributed by atoms with Crippen molar-refractivity contribution in [2.24, 2.45) is 0 Å². The van der Waals surface area contributed by atoms with Gasteiger partial charge in [-0.25, -0.2) is 14.0 Å². The molecule has 1 aliphatic carbocycles. The Morgan fingerprint density at radius 3 is 1.96 bits per heavy atom. The first-order chi connectivity index (χ1) is 13.4. The number of hydrogen-bond acceptors (Lipinski definition) is 4. The molecule has 154 valence electrons. The third kappa shape index (κ3) is 6.60. The number of benzene rings is 1. The summed E-state index contributed by atoms with van der Waals surface area (Å²) in [4.78, 5) is 35.0. The second-order valence-corrected chi connectivity index (χ2v) is 7.09. The topological polar surface area (TPSA) is 98.1 Å². The molecule has 2 N–H and O–H groups in total. The van der Waals surface area contributed by atoms with E-state index in [2.05, 4.69) is 4.90 Å². The van der Waals surface area contributed by atoms with Gasteiger partial charge < -0.3 is 15.1 Å². The maximum Gasteiger partial charge on any atom is 0.414 e. The molecule has 0 unspecified atom stereocenters. The fourth-order valence-electron chi connectivity index (χ4n) is 3.72. The Hall–Kier alpha value is -2.48. The lowest BCUT2D eigenvalue weighted by Gasteiger charge is -2.39. The Morgan fingerprint density at radius 1 is 0.893 bits per heavy atom. The van der Waals surface area contributed by atoms with E-state index in [-0.39, 0.29) is 11.7 Å². The second kappa shape index (κ2) is 10.8. The van der Waals surface area contributed by atoms with Crippen LogP contribution in [0.3, 0.4) is 0 Å². The molecule has 0 radical (unpaired) electrons. The second-order valence-electron chi connectivity index (χ2n) is 7.09. The van der Waals surface area contributed by atoms with Crippen molar-refractivity contribution in [1.29, 1.82) is 0 Å². The van der Waals surface area contributed by atoms with Crippen molar-refractivity contribution in [2.75, 3.05) is 26.2 Å². The SMILES string of the molecule is O=C(O)C(=O)O.O=C(c1cccc(F)c1)N1CCN(C2CCCCCC2)CC1. The van der Waals surface area contributed by atoms with Crippen LogP contribution in [-0.2, 0) is 9.59 Å². The summed E-state index contributed by atoms with van der Waals surface area (Å²) in [5.41, 5.74) is 0.461. The van der Waals surface area contributed by atoms with Gasteiger partial charge in [0.25, 0.3) is 5.91 Å². The standard InChI is InChI=1S/C18H25FN2O.C2H2O4/c19-16-7-5-6-15(14-16)18(22)21-12-10-20(11-13-21)17-8-3-1-2-4-9-17;3-1(4)2(5)6/h5-7,14,17H,1-4,8-13H2;(H,3,4)(H,5,6). The summed E-state index contributed by atoms with van der Waals surface area (Å²) in [6.45, 7) is 3.41. The average molecular weight is 394 g/mol. The van der Waals surface area contributed by atoms with Crippen LogP contribution in [0, 0.1) is 5.82 Å². The number of carbonyl (C=O) groups excluding carboxylic acids is 1. The van der Waals surface area contributed by atoms with Gasteiger partial charge in [0.15, 0.2) is 0 Å². The lowest BCUT2D eigenvalue weighted by atomic mass is 10.1. The minimum atomic E-state index is -1.82. The zero-order chi connectivity index (χ0) is 20.5. The van der Waals surface area contributed by atoms with Crippen LogP contribution in [0.15, 0.2) is 24.3 Å². The number of aliphatic carboxylic acids is 2.